The maximum atomic E-state index is 13.9. The number of rotatable bonds is 10. The number of benzene rings is 3. The molecular formula is C31H30FN5O3S. The first kappa shape index (κ1) is 28.1. The zero-order valence-electron chi connectivity index (χ0n) is 22.7. The molecule has 3 aromatic carbocycles. The van der Waals surface area contributed by atoms with Gasteiger partial charge in [-0.2, -0.15) is 9.40 Å². The number of carbonyl (C=O) groups excluding carboxylic acids is 1. The van der Waals surface area contributed by atoms with E-state index in [0.717, 1.165) is 5.56 Å². The molecule has 0 unspecified atom stereocenters. The Balaban J connectivity index is 1.47. The average molecular weight is 572 g/mol. The van der Waals surface area contributed by atoms with E-state index < -0.39 is 28.3 Å². The highest BCUT2D eigenvalue weighted by Crippen LogP contribution is 2.27. The molecule has 0 bridgehead atoms. The average Bonchev–Trinajstić information content (AvgIpc) is 3.39. The van der Waals surface area contributed by atoms with E-state index in [-0.39, 0.29) is 17.4 Å². The maximum absolute atomic E-state index is 13.9. The highest BCUT2D eigenvalue weighted by Gasteiger charge is 2.29. The van der Waals surface area contributed by atoms with Crippen LogP contribution in [0, 0.1) is 11.7 Å². The molecule has 2 aromatic heterocycles. The summed E-state index contributed by atoms with van der Waals surface area (Å²) in [5.74, 6) is -0.389. The molecule has 0 spiro atoms. The van der Waals surface area contributed by atoms with Crippen molar-refractivity contribution in [3.63, 3.8) is 0 Å². The quantitative estimate of drug-likeness (QED) is 0.225. The molecule has 1 amide bonds. The highest BCUT2D eigenvalue weighted by atomic mass is 32.2. The van der Waals surface area contributed by atoms with Crippen LogP contribution in [0.2, 0.25) is 0 Å². The van der Waals surface area contributed by atoms with Gasteiger partial charge in [0.25, 0.3) is 0 Å². The molecule has 8 nitrogen and oxygen atoms in total. The second kappa shape index (κ2) is 12.0. The van der Waals surface area contributed by atoms with E-state index >= 15 is 0 Å². The summed E-state index contributed by atoms with van der Waals surface area (Å²) < 4.78 is 44.2. The summed E-state index contributed by atoms with van der Waals surface area (Å²) in [4.78, 5) is 17.8. The lowest BCUT2D eigenvalue weighted by atomic mass is 10.1. The zero-order valence-corrected chi connectivity index (χ0v) is 23.6. The van der Waals surface area contributed by atoms with E-state index in [4.69, 9.17) is 0 Å². The minimum Gasteiger partial charge on any atom is -0.309 e. The summed E-state index contributed by atoms with van der Waals surface area (Å²) in [6, 6.07) is 25.4. The monoisotopic (exact) mass is 571 g/mol. The fourth-order valence-corrected chi connectivity index (χ4v) is 6.03. The van der Waals surface area contributed by atoms with Crippen molar-refractivity contribution in [2.24, 2.45) is 5.92 Å². The number of nitrogens with one attached hydrogen (secondary N) is 1. The third-order valence-electron chi connectivity index (χ3n) is 6.61. The number of carbonyl (C=O) groups is 1. The van der Waals surface area contributed by atoms with Crippen LogP contribution in [0.4, 0.5) is 10.2 Å². The van der Waals surface area contributed by atoms with Gasteiger partial charge in [0.1, 0.15) is 16.5 Å². The number of hydrogen-bond acceptors (Lipinski definition) is 5. The van der Waals surface area contributed by atoms with Gasteiger partial charge in [0, 0.05) is 29.8 Å². The molecule has 1 N–H and O–H groups in total. The van der Waals surface area contributed by atoms with Crippen molar-refractivity contribution in [3.8, 4) is 16.9 Å². The van der Waals surface area contributed by atoms with Gasteiger partial charge < -0.3 is 5.32 Å². The van der Waals surface area contributed by atoms with Gasteiger partial charge in [-0.1, -0.05) is 62.4 Å². The largest absolute Gasteiger partial charge is 0.309 e. The molecule has 0 saturated carbocycles. The van der Waals surface area contributed by atoms with Crippen LogP contribution in [0.1, 0.15) is 20.3 Å². The van der Waals surface area contributed by atoms with Crippen LogP contribution < -0.4 is 5.32 Å². The Kier molecular flexibility index (Phi) is 8.23. The van der Waals surface area contributed by atoms with Gasteiger partial charge in [-0.05, 0) is 48.7 Å². The first-order chi connectivity index (χ1) is 19.7. The Bertz CT molecular complexity index is 1770. The summed E-state index contributed by atoms with van der Waals surface area (Å²) in [7, 11) is -4.07. The van der Waals surface area contributed by atoms with Gasteiger partial charge in [-0.15, -0.1) is 0 Å². The van der Waals surface area contributed by atoms with Crippen molar-refractivity contribution in [2.45, 2.75) is 25.2 Å². The predicted molar refractivity (Wildman–Crippen MR) is 158 cm³/mol. The molecule has 0 fully saturated rings. The third-order valence-corrected chi connectivity index (χ3v) is 8.48. The standard InChI is InChI=1S/C31H30FN5O3S/c1-22(2)17-19-36(41(39,40)28-12-6-10-24-11-7-18-33-31(24)28)21-30(38)34-29-20-27(23-8-4-3-5-9-23)35-37(29)26-15-13-25(32)14-16-26/h3-16,18,20,22H,17,19,21H2,1-2H3,(H,34,38). The summed E-state index contributed by atoms with van der Waals surface area (Å²) in [6.45, 7) is 3.74. The number of halogens is 1. The van der Waals surface area contributed by atoms with Crippen molar-refractivity contribution < 1.29 is 17.6 Å². The Hall–Kier alpha value is -4.41. The molecule has 2 heterocycles. The molecule has 210 valence electrons. The lowest BCUT2D eigenvalue weighted by Crippen LogP contribution is -2.39. The van der Waals surface area contributed by atoms with Crippen molar-refractivity contribution in [1.82, 2.24) is 19.1 Å². The Morgan fingerprint density at radius 3 is 2.44 bits per heavy atom. The van der Waals surface area contributed by atoms with Crippen LogP contribution in [-0.4, -0.2) is 46.5 Å². The van der Waals surface area contributed by atoms with Crippen molar-refractivity contribution in [1.29, 1.82) is 0 Å². The second-order valence-electron chi connectivity index (χ2n) is 10.1. The highest BCUT2D eigenvalue weighted by molar-refractivity contribution is 7.89. The van der Waals surface area contributed by atoms with Crippen molar-refractivity contribution >= 4 is 32.7 Å². The van der Waals surface area contributed by atoms with E-state index in [1.54, 1.807) is 48.7 Å². The van der Waals surface area contributed by atoms with E-state index in [9.17, 15) is 17.6 Å². The van der Waals surface area contributed by atoms with Gasteiger partial charge in [0.05, 0.1) is 23.4 Å². The normalized spacial score (nSPS) is 11.8. The minimum atomic E-state index is -4.07. The number of nitrogens with zero attached hydrogens (tertiary/aromatic N) is 4. The van der Waals surface area contributed by atoms with Crippen LogP contribution in [0.5, 0.6) is 0 Å². The van der Waals surface area contributed by atoms with Crippen LogP contribution in [0.25, 0.3) is 27.8 Å². The topological polar surface area (TPSA) is 97.2 Å². The molecule has 5 aromatic rings. The number of sulfonamides is 1. The molecular weight excluding hydrogens is 541 g/mol. The molecule has 10 heteroatoms. The molecule has 41 heavy (non-hydrogen) atoms. The molecule has 0 aliphatic heterocycles. The van der Waals surface area contributed by atoms with E-state index in [1.807, 2.05) is 44.2 Å². The predicted octanol–water partition coefficient (Wildman–Crippen LogP) is 5.90. The Morgan fingerprint density at radius 2 is 1.71 bits per heavy atom. The summed E-state index contributed by atoms with van der Waals surface area (Å²) in [5.41, 5.74) is 2.31. The SMILES string of the molecule is CC(C)CCN(CC(=O)Nc1cc(-c2ccccc2)nn1-c1ccc(F)cc1)S(=O)(=O)c1cccc2cccnc12. The summed E-state index contributed by atoms with van der Waals surface area (Å²) in [6.07, 6.45) is 2.11. The van der Waals surface area contributed by atoms with Gasteiger partial charge in [0.2, 0.25) is 15.9 Å². The van der Waals surface area contributed by atoms with E-state index in [1.165, 1.54) is 27.2 Å². The van der Waals surface area contributed by atoms with Gasteiger partial charge in [-0.25, -0.2) is 17.5 Å². The lowest BCUT2D eigenvalue weighted by Gasteiger charge is -2.23. The Morgan fingerprint density at radius 1 is 0.976 bits per heavy atom. The minimum absolute atomic E-state index is 0.0508. The van der Waals surface area contributed by atoms with Gasteiger partial charge in [-0.3, -0.25) is 9.78 Å². The summed E-state index contributed by atoms with van der Waals surface area (Å²) in [5, 5.41) is 8.17. The van der Waals surface area contributed by atoms with Crippen LogP contribution in [-0.2, 0) is 14.8 Å². The number of hydrogen-bond donors (Lipinski definition) is 1. The molecule has 0 atom stereocenters. The lowest BCUT2D eigenvalue weighted by molar-refractivity contribution is -0.116. The molecule has 0 aliphatic carbocycles. The third kappa shape index (κ3) is 6.34. The van der Waals surface area contributed by atoms with Gasteiger partial charge >= 0.3 is 0 Å². The van der Waals surface area contributed by atoms with Crippen LogP contribution in [0.15, 0.2) is 102 Å². The van der Waals surface area contributed by atoms with Crippen LogP contribution >= 0.6 is 0 Å². The molecule has 0 radical (unpaired) electrons. The van der Waals surface area contributed by atoms with Crippen molar-refractivity contribution in [3.05, 3.63) is 103 Å². The Labute approximate surface area is 238 Å². The fraction of sp³-hybridized carbons (Fsp3) is 0.194. The number of fused-ring (bicyclic) bond motifs is 1. The smallest absolute Gasteiger partial charge is 0.245 e. The fourth-order valence-electron chi connectivity index (χ4n) is 4.45. The maximum Gasteiger partial charge on any atom is 0.245 e. The number of para-hydroxylation sites is 1. The second-order valence-corrected chi connectivity index (χ2v) is 12.0. The van der Waals surface area contributed by atoms with E-state index in [2.05, 4.69) is 15.4 Å². The molecule has 0 aliphatic rings. The van der Waals surface area contributed by atoms with E-state index in [0.29, 0.717) is 34.5 Å². The van der Waals surface area contributed by atoms with Crippen molar-refractivity contribution in [2.75, 3.05) is 18.4 Å². The zero-order chi connectivity index (χ0) is 29.0. The van der Waals surface area contributed by atoms with Gasteiger partial charge in [0.15, 0.2) is 0 Å². The number of anilines is 1. The first-order valence-electron chi connectivity index (χ1n) is 13.3. The number of amides is 1. The molecule has 5 rings (SSSR count). The summed E-state index contributed by atoms with van der Waals surface area (Å²) >= 11 is 0. The molecule has 0 saturated heterocycles. The number of aromatic nitrogens is 3. The number of pyridine rings is 1. The first-order valence-corrected chi connectivity index (χ1v) is 14.7. The van der Waals surface area contributed by atoms with Crippen LogP contribution in [0.3, 0.4) is 0 Å².